The van der Waals surface area contributed by atoms with Crippen LogP contribution in [0.25, 0.3) is 0 Å². The molecule has 0 bridgehead atoms. The van der Waals surface area contributed by atoms with Crippen molar-refractivity contribution in [1.29, 1.82) is 0 Å². The van der Waals surface area contributed by atoms with Gasteiger partial charge in [0.1, 0.15) is 0 Å². The Kier molecular flexibility index (Phi) is 5.34. The smallest absolute Gasteiger partial charge is 0.254 e. The summed E-state index contributed by atoms with van der Waals surface area (Å²) in [5, 5.41) is 9.10. The summed E-state index contributed by atoms with van der Waals surface area (Å²) in [5.41, 5.74) is 3.18. The van der Waals surface area contributed by atoms with Crippen molar-refractivity contribution in [2.75, 3.05) is 13.1 Å². The zero-order chi connectivity index (χ0) is 17.8. The number of hydrogen-bond acceptors (Lipinski definition) is 3. The van der Waals surface area contributed by atoms with Gasteiger partial charge in [0.05, 0.1) is 6.61 Å². The minimum Gasteiger partial charge on any atom is -0.392 e. The number of amides is 1. The van der Waals surface area contributed by atoms with E-state index >= 15 is 0 Å². The number of aromatic nitrogens is 1. The number of carbonyl (C=O) groups excluding carboxylic acids is 1. The summed E-state index contributed by atoms with van der Waals surface area (Å²) in [5.74, 6) is 0.371. The van der Waals surface area contributed by atoms with Crippen molar-refractivity contribution in [3.8, 4) is 0 Å². The SMILES string of the molecule is CCc1cc(C(=O)N2CC[C@H](Cc3ccc(CO)cc3)C2)cc(=O)[nH]1. The van der Waals surface area contributed by atoms with Crippen LogP contribution in [0.1, 0.15) is 40.5 Å². The van der Waals surface area contributed by atoms with E-state index in [1.165, 1.54) is 11.6 Å². The molecule has 2 aromatic rings. The molecule has 1 saturated heterocycles. The second kappa shape index (κ2) is 7.66. The molecule has 0 unspecified atom stereocenters. The van der Waals surface area contributed by atoms with Crippen molar-refractivity contribution in [3.05, 3.63) is 69.1 Å². The van der Waals surface area contributed by atoms with Crippen LogP contribution in [0.5, 0.6) is 0 Å². The predicted octanol–water partition coefficient (Wildman–Crippen LogP) is 2.13. The van der Waals surface area contributed by atoms with E-state index in [2.05, 4.69) is 4.98 Å². The first-order valence-electron chi connectivity index (χ1n) is 8.80. The number of benzene rings is 1. The monoisotopic (exact) mass is 340 g/mol. The van der Waals surface area contributed by atoms with E-state index in [0.29, 0.717) is 17.9 Å². The summed E-state index contributed by atoms with van der Waals surface area (Å²) in [7, 11) is 0. The van der Waals surface area contributed by atoms with Gasteiger partial charge in [-0.1, -0.05) is 31.2 Å². The summed E-state index contributed by atoms with van der Waals surface area (Å²) in [6.07, 6.45) is 2.59. The molecule has 0 spiro atoms. The van der Waals surface area contributed by atoms with E-state index < -0.39 is 0 Å². The molecule has 132 valence electrons. The average Bonchev–Trinajstić information content (AvgIpc) is 3.09. The van der Waals surface area contributed by atoms with E-state index in [-0.39, 0.29) is 18.1 Å². The lowest BCUT2D eigenvalue weighted by Crippen LogP contribution is -2.30. The van der Waals surface area contributed by atoms with Gasteiger partial charge in [-0.25, -0.2) is 0 Å². The Morgan fingerprint density at radius 1 is 1.24 bits per heavy atom. The van der Waals surface area contributed by atoms with E-state index in [1.54, 1.807) is 6.07 Å². The summed E-state index contributed by atoms with van der Waals surface area (Å²) in [6, 6.07) is 11.1. The Labute approximate surface area is 147 Å². The lowest BCUT2D eigenvalue weighted by Gasteiger charge is -2.17. The van der Waals surface area contributed by atoms with E-state index in [9.17, 15) is 9.59 Å². The number of carbonyl (C=O) groups is 1. The molecule has 0 aliphatic carbocycles. The molecule has 1 aromatic carbocycles. The second-order valence-corrected chi connectivity index (χ2v) is 6.70. The van der Waals surface area contributed by atoms with Crippen LogP contribution in [0.4, 0.5) is 0 Å². The third kappa shape index (κ3) is 4.17. The number of pyridine rings is 1. The number of rotatable bonds is 5. The number of aromatic amines is 1. The number of nitrogens with one attached hydrogen (secondary N) is 1. The number of hydrogen-bond donors (Lipinski definition) is 2. The molecular weight excluding hydrogens is 316 g/mol. The number of aliphatic hydroxyl groups is 1. The second-order valence-electron chi connectivity index (χ2n) is 6.70. The molecule has 5 nitrogen and oxygen atoms in total. The fraction of sp³-hybridized carbons (Fsp3) is 0.400. The first-order chi connectivity index (χ1) is 12.1. The highest BCUT2D eigenvalue weighted by Crippen LogP contribution is 2.22. The lowest BCUT2D eigenvalue weighted by atomic mass is 9.98. The van der Waals surface area contributed by atoms with Gasteiger partial charge in [-0.2, -0.15) is 0 Å². The summed E-state index contributed by atoms with van der Waals surface area (Å²) in [6.45, 7) is 3.46. The van der Waals surface area contributed by atoms with E-state index in [0.717, 1.165) is 37.2 Å². The topological polar surface area (TPSA) is 73.4 Å². The highest BCUT2D eigenvalue weighted by molar-refractivity contribution is 5.94. The van der Waals surface area contributed by atoms with Crippen molar-refractivity contribution in [2.45, 2.75) is 32.8 Å². The highest BCUT2D eigenvalue weighted by atomic mass is 16.3. The molecule has 1 aliphatic heterocycles. The zero-order valence-electron chi connectivity index (χ0n) is 14.5. The number of aryl methyl sites for hydroxylation is 1. The van der Waals surface area contributed by atoms with Crippen LogP contribution < -0.4 is 5.56 Å². The van der Waals surface area contributed by atoms with Crippen LogP contribution in [0, 0.1) is 5.92 Å². The van der Waals surface area contributed by atoms with E-state index in [1.807, 2.05) is 36.1 Å². The molecule has 1 aromatic heterocycles. The Morgan fingerprint density at radius 3 is 2.64 bits per heavy atom. The van der Waals surface area contributed by atoms with Crippen LogP contribution in [0.3, 0.4) is 0 Å². The van der Waals surface area contributed by atoms with Gasteiger partial charge in [0.25, 0.3) is 5.91 Å². The molecule has 2 N–H and O–H groups in total. The predicted molar refractivity (Wildman–Crippen MR) is 96.5 cm³/mol. The highest BCUT2D eigenvalue weighted by Gasteiger charge is 2.27. The molecular formula is C20H24N2O3. The third-order valence-electron chi connectivity index (χ3n) is 4.83. The quantitative estimate of drug-likeness (QED) is 0.876. The first kappa shape index (κ1) is 17.4. The van der Waals surface area contributed by atoms with Gasteiger partial charge in [-0.15, -0.1) is 0 Å². The summed E-state index contributed by atoms with van der Waals surface area (Å²) >= 11 is 0. The van der Waals surface area contributed by atoms with Crippen molar-refractivity contribution in [1.82, 2.24) is 9.88 Å². The third-order valence-corrected chi connectivity index (χ3v) is 4.83. The van der Waals surface area contributed by atoms with Crippen LogP contribution in [0.15, 0.2) is 41.2 Å². The van der Waals surface area contributed by atoms with Crippen molar-refractivity contribution in [3.63, 3.8) is 0 Å². The van der Waals surface area contributed by atoms with Crippen LogP contribution in [0.2, 0.25) is 0 Å². The maximum absolute atomic E-state index is 12.7. The number of H-pyrrole nitrogens is 1. The number of likely N-dealkylation sites (tertiary alicyclic amines) is 1. The molecule has 1 aliphatic rings. The van der Waals surface area contributed by atoms with Gasteiger partial charge >= 0.3 is 0 Å². The number of aliphatic hydroxyl groups excluding tert-OH is 1. The molecule has 2 heterocycles. The van der Waals surface area contributed by atoms with Crippen LogP contribution >= 0.6 is 0 Å². The normalized spacial score (nSPS) is 17.0. The largest absolute Gasteiger partial charge is 0.392 e. The van der Waals surface area contributed by atoms with Crippen molar-refractivity contribution >= 4 is 5.91 Å². The molecule has 0 radical (unpaired) electrons. The fourth-order valence-electron chi connectivity index (χ4n) is 3.40. The van der Waals surface area contributed by atoms with Gasteiger partial charge in [-0.3, -0.25) is 9.59 Å². The van der Waals surface area contributed by atoms with Crippen LogP contribution in [-0.4, -0.2) is 34.0 Å². The number of nitrogens with zero attached hydrogens (tertiary/aromatic N) is 1. The standard InChI is InChI=1S/C20H24N2O3/c1-2-18-10-17(11-19(24)21-18)20(25)22-8-7-16(12-22)9-14-3-5-15(13-23)6-4-14/h3-6,10-11,16,23H,2,7-9,12-13H2,1H3,(H,21,24)/t16-/m1/s1. The minimum atomic E-state index is -0.220. The van der Waals surface area contributed by atoms with Gasteiger partial charge in [0.2, 0.25) is 5.56 Å². The Bertz CT molecular complexity index is 795. The van der Waals surface area contributed by atoms with Gasteiger partial charge in [-0.05, 0) is 42.4 Å². The fourth-order valence-corrected chi connectivity index (χ4v) is 3.40. The van der Waals surface area contributed by atoms with Crippen molar-refractivity contribution in [2.24, 2.45) is 5.92 Å². The maximum Gasteiger partial charge on any atom is 0.254 e. The Morgan fingerprint density at radius 2 is 1.96 bits per heavy atom. The van der Waals surface area contributed by atoms with E-state index in [4.69, 9.17) is 5.11 Å². The maximum atomic E-state index is 12.7. The Balaban J connectivity index is 1.64. The molecule has 1 fully saturated rings. The molecule has 3 rings (SSSR count). The molecule has 1 amide bonds. The van der Waals surface area contributed by atoms with Gasteiger partial charge < -0.3 is 15.0 Å². The first-order valence-corrected chi connectivity index (χ1v) is 8.80. The lowest BCUT2D eigenvalue weighted by molar-refractivity contribution is 0.0786. The van der Waals surface area contributed by atoms with Crippen LogP contribution in [-0.2, 0) is 19.4 Å². The summed E-state index contributed by atoms with van der Waals surface area (Å²) in [4.78, 5) is 29.0. The summed E-state index contributed by atoms with van der Waals surface area (Å²) < 4.78 is 0. The molecule has 1 atom stereocenters. The Hall–Kier alpha value is -2.40. The molecule has 0 saturated carbocycles. The van der Waals surface area contributed by atoms with Gasteiger partial charge in [0.15, 0.2) is 0 Å². The van der Waals surface area contributed by atoms with Gasteiger partial charge in [0, 0.05) is 30.4 Å². The average molecular weight is 340 g/mol. The zero-order valence-corrected chi connectivity index (χ0v) is 14.5. The molecule has 5 heteroatoms. The molecule has 25 heavy (non-hydrogen) atoms. The minimum absolute atomic E-state index is 0.0565. The van der Waals surface area contributed by atoms with Crippen molar-refractivity contribution < 1.29 is 9.90 Å².